The number of carbonyl (C=O) groups excluding carboxylic acids is 2. The summed E-state index contributed by atoms with van der Waals surface area (Å²) >= 11 is 0. The molecular weight excluding hydrogens is 516 g/mol. The van der Waals surface area contributed by atoms with Gasteiger partial charge in [-0.15, -0.1) is 0 Å². The van der Waals surface area contributed by atoms with E-state index in [0.29, 0.717) is 12.3 Å². The van der Waals surface area contributed by atoms with Crippen LogP contribution in [-0.2, 0) is 16.0 Å². The molecule has 0 saturated heterocycles. The molecule has 1 amide bonds. The Morgan fingerprint density at radius 2 is 1.50 bits per heavy atom. The van der Waals surface area contributed by atoms with Crippen molar-refractivity contribution in [2.45, 2.75) is 139 Å². The number of nitrogens with one attached hydrogen (secondary N) is 1. The van der Waals surface area contributed by atoms with Crippen LogP contribution < -0.4 is 5.32 Å². The molecule has 2 aromatic carbocycles. The Morgan fingerprint density at radius 1 is 0.905 bits per heavy atom. The molecule has 2 aliphatic rings. The van der Waals surface area contributed by atoms with Crippen LogP contribution in [0, 0.1) is 37.0 Å². The number of anilines is 1. The summed E-state index contributed by atoms with van der Waals surface area (Å²) < 4.78 is 0. The summed E-state index contributed by atoms with van der Waals surface area (Å²) in [7, 11) is 0. The third-order valence-corrected chi connectivity index (χ3v) is 7.78. The summed E-state index contributed by atoms with van der Waals surface area (Å²) in [4.78, 5) is 21.9. The van der Waals surface area contributed by atoms with Crippen molar-refractivity contribution in [3.8, 4) is 6.07 Å². The van der Waals surface area contributed by atoms with Gasteiger partial charge in [0, 0.05) is 18.0 Å². The lowest BCUT2D eigenvalue weighted by Crippen LogP contribution is -2.27. The number of unbranched alkanes of at least 4 members (excludes halogenated alkanes) is 1. The number of hydrogen-bond acceptors (Lipinski definition) is 3. The molecule has 4 rings (SSSR count). The SMILES string of the molecule is CC.CC.CCCC1CCC(C(=O)Nc2ccc(C3CC3)c(C#N)c2)CC1.CCCC=O.CCc1c(C)cccc1C. The van der Waals surface area contributed by atoms with Gasteiger partial charge in [-0.2, -0.15) is 5.26 Å². The minimum absolute atomic E-state index is 0.128. The average Bonchev–Trinajstić information content (AvgIpc) is 3.86. The van der Waals surface area contributed by atoms with E-state index in [-0.39, 0.29) is 11.8 Å². The van der Waals surface area contributed by atoms with Crippen molar-refractivity contribution in [1.82, 2.24) is 0 Å². The number of carbonyl (C=O) groups is 2. The van der Waals surface area contributed by atoms with Gasteiger partial charge in [0.2, 0.25) is 5.91 Å². The molecule has 0 spiro atoms. The van der Waals surface area contributed by atoms with Gasteiger partial charge >= 0.3 is 0 Å². The van der Waals surface area contributed by atoms with Crippen LogP contribution in [0.2, 0.25) is 0 Å². The predicted molar refractivity (Wildman–Crippen MR) is 181 cm³/mol. The van der Waals surface area contributed by atoms with Gasteiger partial charge in [-0.25, -0.2) is 0 Å². The highest BCUT2D eigenvalue weighted by molar-refractivity contribution is 5.92. The first kappa shape index (κ1) is 39.1. The lowest BCUT2D eigenvalue weighted by Gasteiger charge is -2.27. The standard InChI is InChI=1S/C20H26N2O.C10H14.C4H8O.2C2H6/c1-2-3-14-4-6-16(7-5-14)20(23)22-18-10-11-19(15-8-9-15)17(12-18)13-21;1-4-10-8(2)6-5-7-9(10)3;1-2-3-4-5;2*1-2/h10-12,14-16H,2-9H2,1H3,(H,22,23);5-7H,4H2,1-3H3;4H,2-3H2,1H3;2*1-2H3. The Bertz CT molecular complexity index is 1040. The van der Waals surface area contributed by atoms with Gasteiger partial charge in [-0.05, 0) is 111 Å². The third-order valence-electron chi connectivity index (χ3n) is 7.78. The second-order valence-corrected chi connectivity index (χ2v) is 10.9. The zero-order valence-electron chi connectivity index (χ0n) is 28.3. The minimum Gasteiger partial charge on any atom is -0.326 e. The molecule has 0 atom stereocenters. The van der Waals surface area contributed by atoms with Crippen molar-refractivity contribution in [3.63, 3.8) is 0 Å². The molecule has 234 valence electrons. The first-order chi connectivity index (χ1) is 20.4. The molecule has 1 N–H and O–H groups in total. The van der Waals surface area contributed by atoms with E-state index >= 15 is 0 Å². The number of hydrogen-bond donors (Lipinski definition) is 1. The number of benzene rings is 2. The maximum Gasteiger partial charge on any atom is 0.227 e. The molecule has 0 heterocycles. The smallest absolute Gasteiger partial charge is 0.227 e. The molecular formula is C38H60N2O2. The summed E-state index contributed by atoms with van der Waals surface area (Å²) in [5.41, 5.74) is 6.97. The van der Waals surface area contributed by atoms with E-state index in [9.17, 15) is 14.9 Å². The largest absolute Gasteiger partial charge is 0.326 e. The number of aryl methyl sites for hydroxylation is 2. The highest BCUT2D eigenvalue weighted by atomic mass is 16.1. The Hall–Kier alpha value is -2.93. The second-order valence-electron chi connectivity index (χ2n) is 10.9. The summed E-state index contributed by atoms with van der Waals surface area (Å²) in [6.45, 7) is 18.8. The number of amides is 1. The van der Waals surface area contributed by atoms with Gasteiger partial charge in [-0.1, -0.05) is 85.6 Å². The predicted octanol–water partition coefficient (Wildman–Crippen LogP) is 10.9. The van der Waals surface area contributed by atoms with Crippen LogP contribution in [-0.4, -0.2) is 12.2 Å². The molecule has 2 aliphatic carbocycles. The van der Waals surface area contributed by atoms with E-state index in [4.69, 9.17) is 0 Å². The highest BCUT2D eigenvalue weighted by Crippen LogP contribution is 2.42. The molecule has 2 saturated carbocycles. The van der Waals surface area contributed by atoms with E-state index in [1.54, 1.807) is 0 Å². The van der Waals surface area contributed by atoms with Gasteiger partial charge in [0.15, 0.2) is 0 Å². The van der Waals surface area contributed by atoms with Gasteiger partial charge in [0.05, 0.1) is 11.6 Å². The van der Waals surface area contributed by atoms with Crippen molar-refractivity contribution in [1.29, 1.82) is 5.26 Å². The van der Waals surface area contributed by atoms with E-state index in [1.165, 1.54) is 55.2 Å². The van der Waals surface area contributed by atoms with Crippen LogP contribution in [0.4, 0.5) is 5.69 Å². The molecule has 0 unspecified atom stereocenters. The van der Waals surface area contributed by atoms with Gasteiger partial charge in [0.1, 0.15) is 6.29 Å². The van der Waals surface area contributed by atoms with Crippen LogP contribution in [0.1, 0.15) is 146 Å². The fourth-order valence-electron chi connectivity index (χ4n) is 5.37. The summed E-state index contributed by atoms with van der Waals surface area (Å²) in [5, 5.41) is 12.3. The number of aldehydes is 1. The number of rotatable bonds is 8. The van der Waals surface area contributed by atoms with Crippen LogP contribution in [0.15, 0.2) is 36.4 Å². The fraction of sp³-hybridized carbons (Fsp3) is 0.605. The quantitative estimate of drug-likeness (QED) is 0.318. The van der Waals surface area contributed by atoms with Crippen LogP contribution >= 0.6 is 0 Å². The Morgan fingerprint density at radius 3 is 1.90 bits per heavy atom. The van der Waals surface area contributed by atoms with E-state index in [0.717, 1.165) is 54.7 Å². The topological polar surface area (TPSA) is 70.0 Å². The monoisotopic (exact) mass is 576 g/mol. The van der Waals surface area contributed by atoms with Crippen LogP contribution in [0.5, 0.6) is 0 Å². The number of nitriles is 1. The molecule has 2 fully saturated rings. The minimum atomic E-state index is 0.128. The lowest BCUT2D eigenvalue weighted by molar-refractivity contribution is -0.121. The van der Waals surface area contributed by atoms with Crippen molar-refractivity contribution < 1.29 is 9.59 Å². The summed E-state index contributed by atoms with van der Waals surface area (Å²) in [6.07, 6.45) is 13.0. The van der Waals surface area contributed by atoms with E-state index in [2.05, 4.69) is 57.3 Å². The van der Waals surface area contributed by atoms with Crippen molar-refractivity contribution in [3.05, 3.63) is 64.2 Å². The molecule has 0 radical (unpaired) electrons. The van der Waals surface area contributed by atoms with Gasteiger partial charge in [-0.3, -0.25) is 4.79 Å². The normalized spacial score (nSPS) is 16.7. The van der Waals surface area contributed by atoms with E-state index < -0.39 is 0 Å². The van der Waals surface area contributed by atoms with Crippen LogP contribution in [0.3, 0.4) is 0 Å². The summed E-state index contributed by atoms with van der Waals surface area (Å²) in [5.74, 6) is 1.63. The Balaban J connectivity index is 0.000000732. The fourth-order valence-corrected chi connectivity index (χ4v) is 5.37. The third kappa shape index (κ3) is 14.3. The maximum absolute atomic E-state index is 12.5. The molecule has 0 aromatic heterocycles. The zero-order chi connectivity index (χ0) is 31.9. The van der Waals surface area contributed by atoms with Crippen LogP contribution in [0.25, 0.3) is 0 Å². The Labute approximate surface area is 258 Å². The highest BCUT2D eigenvalue weighted by Gasteiger charge is 2.28. The van der Waals surface area contributed by atoms with Crippen molar-refractivity contribution in [2.75, 3.05) is 5.32 Å². The summed E-state index contributed by atoms with van der Waals surface area (Å²) in [6, 6.07) is 14.6. The molecule has 2 aromatic rings. The second kappa shape index (κ2) is 23.6. The molecule has 4 heteroatoms. The number of nitrogens with zero attached hydrogens (tertiary/aromatic N) is 1. The van der Waals surface area contributed by atoms with Gasteiger partial charge < -0.3 is 10.1 Å². The lowest BCUT2D eigenvalue weighted by atomic mass is 9.80. The first-order valence-electron chi connectivity index (χ1n) is 16.7. The molecule has 0 aliphatic heterocycles. The maximum atomic E-state index is 12.5. The van der Waals surface area contributed by atoms with Crippen molar-refractivity contribution >= 4 is 17.9 Å². The van der Waals surface area contributed by atoms with Crippen molar-refractivity contribution in [2.24, 2.45) is 11.8 Å². The van der Waals surface area contributed by atoms with Gasteiger partial charge in [0.25, 0.3) is 0 Å². The Kier molecular flexibility index (Phi) is 22.0. The molecule has 4 nitrogen and oxygen atoms in total. The first-order valence-corrected chi connectivity index (χ1v) is 16.7. The average molecular weight is 577 g/mol. The molecule has 0 bridgehead atoms. The molecule has 42 heavy (non-hydrogen) atoms. The van der Waals surface area contributed by atoms with E-state index in [1.807, 2.05) is 52.8 Å². The zero-order valence-corrected chi connectivity index (χ0v) is 28.3.